The lowest BCUT2D eigenvalue weighted by molar-refractivity contribution is -0.143. The van der Waals surface area contributed by atoms with Crippen molar-refractivity contribution in [1.82, 2.24) is 0 Å². The van der Waals surface area contributed by atoms with E-state index in [9.17, 15) is 9.59 Å². The molecular weight excluding hydrogens is 544 g/mol. The molecule has 0 radical (unpaired) electrons. The molecular formula is C40H70O4. The summed E-state index contributed by atoms with van der Waals surface area (Å²) in [6.07, 6.45) is 42.5. The molecule has 0 N–H and O–H groups in total. The van der Waals surface area contributed by atoms with Crippen LogP contribution in [0.4, 0.5) is 0 Å². The van der Waals surface area contributed by atoms with Crippen molar-refractivity contribution in [3.8, 4) is 11.8 Å². The van der Waals surface area contributed by atoms with Crippen molar-refractivity contribution in [3.63, 3.8) is 0 Å². The fourth-order valence-corrected chi connectivity index (χ4v) is 5.16. The second kappa shape index (κ2) is 37.2. The van der Waals surface area contributed by atoms with Crippen molar-refractivity contribution >= 4 is 11.9 Å². The molecule has 0 heterocycles. The van der Waals surface area contributed by atoms with Gasteiger partial charge in [-0.25, -0.2) is 0 Å². The number of rotatable bonds is 32. The number of unbranched alkanes of at least 4 members (excludes halogenated alkanes) is 22. The first kappa shape index (κ1) is 42.0. The van der Waals surface area contributed by atoms with Crippen molar-refractivity contribution in [3.05, 3.63) is 24.3 Å². The Hall–Kier alpha value is -2.02. The SMILES string of the molecule is CCCCCCCC/C=C\CCCCCCCC(=O)OCC#CCOC(=O)CCCCCCC/C=C/CCCCCCCC. The monoisotopic (exact) mass is 615 g/mol. The van der Waals surface area contributed by atoms with Gasteiger partial charge in [0.25, 0.3) is 0 Å². The van der Waals surface area contributed by atoms with Gasteiger partial charge in [0.15, 0.2) is 13.2 Å². The van der Waals surface area contributed by atoms with E-state index in [1.807, 2.05) is 0 Å². The lowest BCUT2D eigenvalue weighted by Gasteiger charge is -2.02. The summed E-state index contributed by atoms with van der Waals surface area (Å²) in [5.74, 6) is 5.14. The van der Waals surface area contributed by atoms with Gasteiger partial charge in [-0.3, -0.25) is 9.59 Å². The fraction of sp³-hybridized carbons (Fsp3) is 0.800. The summed E-state index contributed by atoms with van der Waals surface area (Å²) in [7, 11) is 0. The largest absolute Gasteiger partial charge is 0.452 e. The van der Waals surface area contributed by atoms with Gasteiger partial charge in [-0.05, 0) is 64.2 Å². The molecule has 0 aromatic rings. The third-order valence-corrected chi connectivity index (χ3v) is 8.02. The zero-order valence-electron chi connectivity index (χ0n) is 29.2. The Kier molecular flexibility index (Phi) is 35.5. The van der Waals surface area contributed by atoms with Crippen molar-refractivity contribution in [2.75, 3.05) is 13.2 Å². The maximum absolute atomic E-state index is 11.9. The molecule has 0 fully saturated rings. The molecule has 4 nitrogen and oxygen atoms in total. The summed E-state index contributed by atoms with van der Waals surface area (Å²) in [4.78, 5) is 23.7. The molecule has 0 aliphatic carbocycles. The highest BCUT2D eigenvalue weighted by atomic mass is 16.5. The lowest BCUT2D eigenvalue weighted by Crippen LogP contribution is -2.06. The molecule has 0 aromatic heterocycles. The van der Waals surface area contributed by atoms with Crippen LogP contribution < -0.4 is 0 Å². The third-order valence-electron chi connectivity index (χ3n) is 8.02. The van der Waals surface area contributed by atoms with Gasteiger partial charge >= 0.3 is 11.9 Å². The van der Waals surface area contributed by atoms with Gasteiger partial charge in [0, 0.05) is 12.8 Å². The van der Waals surface area contributed by atoms with Gasteiger partial charge in [0.05, 0.1) is 0 Å². The van der Waals surface area contributed by atoms with Gasteiger partial charge in [-0.15, -0.1) is 0 Å². The first-order valence-electron chi connectivity index (χ1n) is 18.8. The van der Waals surface area contributed by atoms with Crippen LogP contribution in [0.15, 0.2) is 24.3 Å². The van der Waals surface area contributed by atoms with Crippen LogP contribution in [0, 0.1) is 11.8 Å². The van der Waals surface area contributed by atoms with E-state index in [1.54, 1.807) is 0 Å². The molecule has 4 heteroatoms. The van der Waals surface area contributed by atoms with Crippen LogP contribution in [0.3, 0.4) is 0 Å². The Balaban J connectivity index is 3.41. The van der Waals surface area contributed by atoms with Crippen LogP contribution in [0.25, 0.3) is 0 Å². The van der Waals surface area contributed by atoms with Gasteiger partial charge in [0.1, 0.15) is 0 Å². The number of carbonyl (C=O) groups is 2. The number of esters is 2. The summed E-state index contributed by atoms with van der Waals surface area (Å²) in [5, 5.41) is 0. The topological polar surface area (TPSA) is 52.6 Å². The fourth-order valence-electron chi connectivity index (χ4n) is 5.16. The van der Waals surface area contributed by atoms with Crippen LogP contribution in [-0.2, 0) is 19.1 Å². The van der Waals surface area contributed by atoms with Gasteiger partial charge < -0.3 is 9.47 Å². The Labute approximate surface area is 273 Å². The lowest BCUT2D eigenvalue weighted by atomic mass is 10.1. The zero-order valence-corrected chi connectivity index (χ0v) is 29.2. The van der Waals surface area contributed by atoms with Crippen molar-refractivity contribution in [2.45, 2.75) is 194 Å². The quantitative estimate of drug-likeness (QED) is 0.0327. The van der Waals surface area contributed by atoms with Crippen LogP contribution >= 0.6 is 0 Å². The Morgan fingerprint density at radius 2 is 0.682 bits per heavy atom. The summed E-state index contributed by atoms with van der Waals surface area (Å²) >= 11 is 0. The molecule has 0 bridgehead atoms. The van der Waals surface area contributed by atoms with Crippen molar-refractivity contribution < 1.29 is 19.1 Å². The van der Waals surface area contributed by atoms with E-state index in [0.29, 0.717) is 12.8 Å². The molecule has 0 saturated carbocycles. The first-order valence-corrected chi connectivity index (χ1v) is 18.8. The average molecular weight is 615 g/mol. The van der Waals surface area contributed by atoms with Crippen molar-refractivity contribution in [2.24, 2.45) is 0 Å². The summed E-state index contributed by atoms with van der Waals surface area (Å²) in [6.45, 7) is 4.66. The first-order chi connectivity index (χ1) is 21.7. The molecule has 0 aromatic carbocycles. The van der Waals surface area contributed by atoms with Gasteiger partial charge in [-0.1, -0.05) is 153 Å². The number of ether oxygens (including phenoxy) is 2. The highest BCUT2D eigenvalue weighted by molar-refractivity contribution is 5.69. The molecule has 0 spiro atoms. The molecule has 0 aliphatic rings. The maximum atomic E-state index is 11.9. The van der Waals surface area contributed by atoms with E-state index < -0.39 is 0 Å². The Morgan fingerprint density at radius 3 is 1.00 bits per heavy atom. The van der Waals surface area contributed by atoms with E-state index in [-0.39, 0.29) is 25.2 Å². The molecule has 44 heavy (non-hydrogen) atoms. The Bertz CT molecular complexity index is 682. The minimum atomic E-state index is -0.196. The standard InChI is InChI=1S/C40H70O4/c1-3-5-7-9-11-13-15-17-19-21-23-25-27-29-31-35-39(41)43-37-33-34-38-44-40(42)36-32-30-28-26-24-22-20-18-16-14-12-10-8-6-4-2/h17-20H,3-16,21-32,35-38H2,1-2H3/b19-17-,20-18+. The average Bonchev–Trinajstić information content (AvgIpc) is 3.02. The smallest absolute Gasteiger partial charge is 0.306 e. The number of allylic oxidation sites excluding steroid dienone is 4. The number of hydrogen-bond acceptors (Lipinski definition) is 4. The minimum Gasteiger partial charge on any atom is -0.452 e. The molecule has 0 saturated heterocycles. The van der Waals surface area contributed by atoms with E-state index in [2.05, 4.69) is 50.0 Å². The van der Waals surface area contributed by atoms with E-state index in [1.165, 1.54) is 141 Å². The highest BCUT2D eigenvalue weighted by Crippen LogP contribution is 2.12. The normalized spacial score (nSPS) is 11.2. The molecule has 0 amide bonds. The van der Waals surface area contributed by atoms with E-state index in [0.717, 1.165) is 25.7 Å². The second-order valence-electron chi connectivity index (χ2n) is 12.3. The van der Waals surface area contributed by atoms with Crippen LogP contribution in [0.1, 0.15) is 194 Å². The van der Waals surface area contributed by atoms with Crippen LogP contribution in [-0.4, -0.2) is 25.2 Å². The molecule has 0 unspecified atom stereocenters. The van der Waals surface area contributed by atoms with E-state index >= 15 is 0 Å². The van der Waals surface area contributed by atoms with Crippen molar-refractivity contribution in [1.29, 1.82) is 0 Å². The third kappa shape index (κ3) is 36.2. The zero-order chi connectivity index (χ0) is 32.0. The van der Waals surface area contributed by atoms with Crippen LogP contribution in [0.5, 0.6) is 0 Å². The van der Waals surface area contributed by atoms with Gasteiger partial charge in [-0.2, -0.15) is 0 Å². The molecule has 254 valence electrons. The Morgan fingerprint density at radius 1 is 0.409 bits per heavy atom. The number of hydrogen-bond donors (Lipinski definition) is 0. The summed E-state index contributed by atoms with van der Waals surface area (Å²) in [5.41, 5.74) is 0. The predicted molar refractivity (Wildman–Crippen MR) is 189 cm³/mol. The molecule has 0 rings (SSSR count). The summed E-state index contributed by atoms with van der Waals surface area (Å²) in [6, 6.07) is 0. The maximum Gasteiger partial charge on any atom is 0.306 e. The molecule has 0 atom stereocenters. The highest BCUT2D eigenvalue weighted by Gasteiger charge is 2.02. The summed E-state index contributed by atoms with van der Waals surface area (Å²) < 4.78 is 10.3. The minimum absolute atomic E-state index is 0.0652. The predicted octanol–water partition coefficient (Wildman–Crippen LogP) is 12.2. The van der Waals surface area contributed by atoms with Crippen LogP contribution in [0.2, 0.25) is 0 Å². The van der Waals surface area contributed by atoms with E-state index in [4.69, 9.17) is 9.47 Å². The second-order valence-corrected chi connectivity index (χ2v) is 12.3. The van der Waals surface area contributed by atoms with Gasteiger partial charge in [0.2, 0.25) is 0 Å². The molecule has 0 aliphatic heterocycles. The number of carbonyl (C=O) groups excluding carboxylic acids is 2.